The van der Waals surface area contributed by atoms with Crippen LogP contribution in [0.25, 0.3) is 0 Å². The van der Waals surface area contributed by atoms with Crippen LogP contribution < -0.4 is 5.32 Å². The van der Waals surface area contributed by atoms with Crippen molar-refractivity contribution in [2.75, 3.05) is 6.61 Å². The van der Waals surface area contributed by atoms with E-state index in [2.05, 4.69) is 15.3 Å². The monoisotopic (exact) mass is 325 g/mol. The second kappa shape index (κ2) is 8.82. The Labute approximate surface area is 142 Å². The molecule has 0 aliphatic rings. The molecule has 2 rings (SSSR count). The maximum absolute atomic E-state index is 12.4. The van der Waals surface area contributed by atoms with Crippen molar-refractivity contribution in [3.05, 3.63) is 65.5 Å². The number of hydrogen-bond donors (Lipinski definition) is 1. The summed E-state index contributed by atoms with van der Waals surface area (Å²) in [6, 6.07) is 11.4. The molecule has 0 saturated heterocycles. The van der Waals surface area contributed by atoms with Crippen molar-refractivity contribution < 1.29 is 9.53 Å². The first kappa shape index (κ1) is 17.7. The lowest BCUT2D eigenvalue weighted by Crippen LogP contribution is -2.33. The Hall–Kier alpha value is -2.69. The summed E-state index contributed by atoms with van der Waals surface area (Å²) in [6.45, 7) is 6.92. The van der Waals surface area contributed by atoms with Crippen LogP contribution in [0.3, 0.4) is 0 Å². The number of aromatic nitrogens is 1. The van der Waals surface area contributed by atoms with Crippen LogP contribution in [0.15, 0.2) is 53.8 Å². The second-order valence-electron chi connectivity index (χ2n) is 6.01. The van der Waals surface area contributed by atoms with Crippen molar-refractivity contribution in [3.63, 3.8) is 0 Å². The molecule has 1 N–H and O–H groups in total. The Balaban J connectivity index is 2.08. The van der Waals surface area contributed by atoms with Gasteiger partial charge in [0.25, 0.3) is 11.9 Å². The number of carbonyl (C=O) groups excluding carboxylic acids is 1. The number of benzene rings is 1. The highest BCUT2D eigenvalue weighted by atomic mass is 16.5. The molecule has 1 heterocycles. The molecule has 1 aromatic carbocycles. The number of pyridine rings is 1. The van der Waals surface area contributed by atoms with Gasteiger partial charge in [0.05, 0.1) is 13.2 Å². The highest BCUT2D eigenvalue weighted by Gasteiger charge is 2.11. The third-order valence-electron chi connectivity index (χ3n) is 3.18. The van der Waals surface area contributed by atoms with Crippen LogP contribution in [0.5, 0.6) is 0 Å². The average Bonchev–Trinajstić information content (AvgIpc) is 2.58. The molecule has 5 heteroatoms. The molecule has 0 atom stereocenters. The van der Waals surface area contributed by atoms with Crippen LogP contribution in [0.2, 0.25) is 0 Å². The van der Waals surface area contributed by atoms with Crippen molar-refractivity contribution >= 4 is 11.9 Å². The Morgan fingerprint density at radius 3 is 2.79 bits per heavy atom. The van der Waals surface area contributed by atoms with E-state index >= 15 is 0 Å². The molecule has 24 heavy (non-hydrogen) atoms. The van der Waals surface area contributed by atoms with Gasteiger partial charge in [-0.3, -0.25) is 15.1 Å². The van der Waals surface area contributed by atoms with Crippen LogP contribution in [0, 0.1) is 12.8 Å². The van der Waals surface area contributed by atoms with E-state index < -0.39 is 0 Å². The van der Waals surface area contributed by atoms with Crippen LogP contribution >= 0.6 is 0 Å². The van der Waals surface area contributed by atoms with E-state index in [1.165, 1.54) is 0 Å². The zero-order valence-electron chi connectivity index (χ0n) is 14.3. The Morgan fingerprint density at radius 2 is 2.12 bits per heavy atom. The number of amides is 1. The van der Waals surface area contributed by atoms with Gasteiger partial charge < -0.3 is 4.74 Å². The summed E-state index contributed by atoms with van der Waals surface area (Å²) in [5, 5.41) is 2.75. The quantitative estimate of drug-likeness (QED) is 0.677. The maximum Gasteiger partial charge on any atom is 0.292 e. The van der Waals surface area contributed by atoms with Gasteiger partial charge in [-0.2, -0.15) is 0 Å². The molecule has 0 bridgehead atoms. The number of nitrogens with one attached hydrogen (secondary N) is 1. The number of hydrogen-bond acceptors (Lipinski definition) is 4. The number of carbonyl (C=O) groups is 1. The maximum atomic E-state index is 12.4. The van der Waals surface area contributed by atoms with Gasteiger partial charge in [-0.05, 0) is 36.6 Å². The first-order chi connectivity index (χ1) is 11.5. The average molecular weight is 325 g/mol. The number of rotatable bonds is 5. The second-order valence-corrected chi connectivity index (χ2v) is 6.01. The SMILES string of the molecule is Cc1cccc(C(=O)NC(=NCc2cccnc2)OCC(C)C)c1. The molecular formula is C19H23N3O2. The zero-order chi connectivity index (χ0) is 17.4. The molecule has 1 aromatic heterocycles. The zero-order valence-corrected chi connectivity index (χ0v) is 14.3. The van der Waals surface area contributed by atoms with Gasteiger partial charge in [-0.25, -0.2) is 4.99 Å². The van der Waals surface area contributed by atoms with Gasteiger partial charge in [0, 0.05) is 18.0 Å². The van der Waals surface area contributed by atoms with Gasteiger partial charge in [-0.15, -0.1) is 0 Å². The summed E-state index contributed by atoms with van der Waals surface area (Å²) in [6.07, 6.45) is 3.45. The predicted octanol–water partition coefficient (Wildman–Crippen LogP) is 3.35. The number of aryl methyl sites for hydroxylation is 1. The molecule has 0 spiro atoms. The van der Waals surface area contributed by atoms with Crippen molar-refractivity contribution in [1.82, 2.24) is 10.3 Å². The standard InChI is InChI=1S/C19H23N3O2/c1-14(2)13-24-19(21-12-16-7-5-9-20-11-16)22-18(23)17-8-4-6-15(3)10-17/h4-11,14H,12-13H2,1-3H3,(H,21,22,23). The molecule has 0 radical (unpaired) electrons. The molecule has 0 unspecified atom stereocenters. The highest BCUT2D eigenvalue weighted by molar-refractivity contribution is 6.04. The Kier molecular flexibility index (Phi) is 6.49. The molecule has 1 amide bonds. The van der Waals surface area contributed by atoms with E-state index in [1.807, 2.05) is 51.1 Å². The van der Waals surface area contributed by atoms with E-state index in [0.29, 0.717) is 24.6 Å². The number of amidine groups is 1. The van der Waals surface area contributed by atoms with Crippen molar-refractivity contribution in [1.29, 1.82) is 0 Å². The fraction of sp³-hybridized carbons (Fsp3) is 0.316. The first-order valence-electron chi connectivity index (χ1n) is 7.99. The summed E-state index contributed by atoms with van der Waals surface area (Å²) in [5.74, 6) is 0.108. The molecule has 0 aliphatic heterocycles. The summed E-state index contributed by atoms with van der Waals surface area (Å²) in [5.41, 5.74) is 2.56. The fourth-order valence-corrected chi connectivity index (χ4v) is 1.98. The normalized spacial score (nSPS) is 11.4. The highest BCUT2D eigenvalue weighted by Crippen LogP contribution is 2.05. The molecule has 2 aromatic rings. The fourth-order valence-electron chi connectivity index (χ4n) is 1.98. The Bertz CT molecular complexity index is 697. The molecule has 0 aliphatic carbocycles. The smallest absolute Gasteiger partial charge is 0.292 e. The largest absolute Gasteiger partial charge is 0.465 e. The van der Waals surface area contributed by atoms with Gasteiger partial charge in [0.15, 0.2) is 0 Å². The lowest BCUT2D eigenvalue weighted by molar-refractivity contribution is 0.0963. The first-order valence-corrected chi connectivity index (χ1v) is 7.99. The molecular weight excluding hydrogens is 302 g/mol. The minimum Gasteiger partial charge on any atom is -0.465 e. The summed E-state index contributed by atoms with van der Waals surface area (Å²) in [4.78, 5) is 20.8. The van der Waals surface area contributed by atoms with Crippen molar-refractivity contribution in [3.8, 4) is 0 Å². The molecule has 126 valence electrons. The van der Waals surface area contributed by atoms with Crippen molar-refractivity contribution in [2.45, 2.75) is 27.3 Å². The lowest BCUT2D eigenvalue weighted by atomic mass is 10.1. The van der Waals surface area contributed by atoms with Crippen LogP contribution in [0.1, 0.15) is 35.3 Å². The van der Waals surface area contributed by atoms with E-state index in [4.69, 9.17) is 4.74 Å². The molecule has 0 saturated carbocycles. The third-order valence-corrected chi connectivity index (χ3v) is 3.18. The van der Waals surface area contributed by atoms with E-state index in [1.54, 1.807) is 18.5 Å². The van der Waals surface area contributed by atoms with Crippen LogP contribution in [-0.4, -0.2) is 23.5 Å². The minimum absolute atomic E-state index is 0.229. The number of aliphatic imine (C=N–C) groups is 1. The number of nitrogens with zero attached hydrogens (tertiary/aromatic N) is 2. The minimum atomic E-state index is -0.229. The van der Waals surface area contributed by atoms with Crippen LogP contribution in [-0.2, 0) is 11.3 Å². The van der Waals surface area contributed by atoms with Gasteiger partial charge in [0.2, 0.25) is 0 Å². The summed E-state index contributed by atoms with van der Waals surface area (Å²) < 4.78 is 5.65. The molecule has 5 nitrogen and oxygen atoms in total. The van der Waals surface area contributed by atoms with E-state index in [9.17, 15) is 4.79 Å². The van der Waals surface area contributed by atoms with Gasteiger partial charge in [-0.1, -0.05) is 37.6 Å². The van der Waals surface area contributed by atoms with Crippen molar-refractivity contribution in [2.24, 2.45) is 10.9 Å². The van der Waals surface area contributed by atoms with E-state index in [0.717, 1.165) is 11.1 Å². The molecule has 0 fully saturated rings. The number of ether oxygens (including phenoxy) is 1. The predicted molar refractivity (Wildman–Crippen MR) is 94.8 cm³/mol. The third kappa shape index (κ3) is 5.83. The van der Waals surface area contributed by atoms with Gasteiger partial charge in [0.1, 0.15) is 0 Å². The topological polar surface area (TPSA) is 63.6 Å². The van der Waals surface area contributed by atoms with Crippen LogP contribution in [0.4, 0.5) is 0 Å². The summed E-state index contributed by atoms with van der Waals surface area (Å²) >= 11 is 0. The van der Waals surface area contributed by atoms with E-state index in [-0.39, 0.29) is 11.9 Å². The Morgan fingerprint density at radius 1 is 1.29 bits per heavy atom. The summed E-state index contributed by atoms with van der Waals surface area (Å²) in [7, 11) is 0. The lowest BCUT2D eigenvalue weighted by Gasteiger charge is -2.12. The van der Waals surface area contributed by atoms with Gasteiger partial charge >= 0.3 is 0 Å².